The Morgan fingerprint density at radius 3 is 1.29 bits per heavy atom. The van der Waals surface area contributed by atoms with E-state index in [9.17, 15) is 9.59 Å². The molecule has 0 bridgehead atoms. The number of nitrogens with two attached hydrogens (primary N) is 3. The highest BCUT2D eigenvalue weighted by Crippen LogP contribution is 2.09. The highest BCUT2D eigenvalue weighted by molar-refractivity contribution is 5.93. The second-order valence-electron chi connectivity index (χ2n) is 9.39. The number of nitrogens with zero attached hydrogens (tertiary/aromatic N) is 2. The minimum Gasteiger partial charge on any atom is -0.478 e. The second kappa shape index (κ2) is 16.7. The first kappa shape index (κ1) is 33.3. The van der Waals surface area contributed by atoms with Gasteiger partial charge in [-0.15, -0.1) is 0 Å². The first-order chi connectivity index (χ1) is 15.7. The topological polar surface area (TPSA) is 165 Å². The molecule has 1 amide bonds. The number of carbonyl (C=O) groups excluding carboxylic acids is 1. The molecule has 0 atom stereocenters. The lowest BCUT2D eigenvalue weighted by Crippen LogP contribution is -2.33. The number of nitrogens with one attached hydrogen (secondary N) is 1. The second-order valence-corrected chi connectivity index (χ2v) is 9.39. The van der Waals surface area contributed by atoms with E-state index in [4.69, 9.17) is 16.1 Å². The lowest BCUT2D eigenvalue weighted by molar-refractivity contribution is -0.884. The summed E-state index contributed by atoms with van der Waals surface area (Å²) in [6, 6.07) is 14.5. The first-order valence-corrected chi connectivity index (χ1v) is 10.7. The highest BCUT2D eigenvalue weighted by Gasteiger charge is 2.10. The number of hydrazine groups is 2. The Hall–Kier alpha value is -2.86. The summed E-state index contributed by atoms with van der Waals surface area (Å²) in [5.74, 6) is 11.9. The van der Waals surface area contributed by atoms with Crippen molar-refractivity contribution in [1.82, 2.24) is 5.43 Å². The zero-order chi connectivity index (χ0) is 26.9. The lowest BCUT2D eigenvalue weighted by atomic mass is 10.1. The maximum Gasteiger partial charge on any atom is 0.335 e. The monoisotopic (exact) mass is 480 g/mol. The van der Waals surface area contributed by atoms with Gasteiger partial charge >= 0.3 is 5.97 Å². The van der Waals surface area contributed by atoms with E-state index in [0.717, 1.165) is 27.6 Å². The van der Waals surface area contributed by atoms with Crippen LogP contribution in [-0.4, -0.2) is 79.9 Å². The van der Waals surface area contributed by atoms with E-state index in [1.165, 1.54) is 5.56 Å². The van der Waals surface area contributed by atoms with Crippen LogP contribution in [0.3, 0.4) is 0 Å². The van der Waals surface area contributed by atoms with Gasteiger partial charge in [-0.2, -0.15) is 0 Å². The van der Waals surface area contributed by atoms with Crippen molar-refractivity contribution in [2.75, 3.05) is 48.9 Å². The third-order valence-corrected chi connectivity index (χ3v) is 3.86. The van der Waals surface area contributed by atoms with E-state index in [0.29, 0.717) is 11.1 Å². The van der Waals surface area contributed by atoms with Gasteiger partial charge in [-0.1, -0.05) is 24.3 Å². The summed E-state index contributed by atoms with van der Waals surface area (Å²) >= 11 is 0. The van der Waals surface area contributed by atoms with E-state index in [1.54, 1.807) is 31.2 Å². The molecule has 192 valence electrons. The maximum atomic E-state index is 11.2. The number of amides is 1. The molecule has 2 aromatic rings. The largest absolute Gasteiger partial charge is 0.478 e. The number of carboxylic acids is 1. The molecule has 0 saturated heterocycles. The van der Waals surface area contributed by atoms with Gasteiger partial charge in [0.15, 0.2) is 0 Å². The van der Waals surface area contributed by atoms with Gasteiger partial charge in [-0.3, -0.25) is 21.9 Å². The molecule has 0 spiro atoms. The molecule has 2 aromatic carbocycles. The Morgan fingerprint density at radius 2 is 1.06 bits per heavy atom. The third kappa shape index (κ3) is 16.7. The number of carbonyl (C=O) groups is 2. The number of quaternary nitrogens is 2. The smallest absolute Gasteiger partial charge is 0.335 e. The van der Waals surface area contributed by atoms with Crippen molar-refractivity contribution >= 4 is 11.9 Å². The van der Waals surface area contributed by atoms with E-state index < -0.39 is 5.97 Å². The van der Waals surface area contributed by atoms with Gasteiger partial charge in [0.25, 0.3) is 5.91 Å². The average molecular weight is 481 g/mol. The molecule has 0 aliphatic carbocycles. The fourth-order valence-corrected chi connectivity index (χ4v) is 2.69. The van der Waals surface area contributed by atoms with Crippen molar-refractivity contribution in [1.29, 1.82) is 0 Å². The molecule has 2 rings (SSSR count). The van der Waals surface area contributed by atoms with Crippen LogP contribution in [0.4, 0.5) is 0 Å². The summed E-state index contributed by atoms with van der Waals surface area (Å²) in [6.07, 6.45) is 0. The van der Waals surface area contributed by atoms with Gasteiger partial charge in [-0.25, -0.2) is 10.6 Å². The number of aliphatic hydroxyl groups excluding tert-OH is 1. The molecule has 0 aliphatic heterocycles. The summed E-state index contributed by atoms with van der Waals surface area (Å²) in [5.41, 5.74) is 5.39. The van der Waals surface area contributed by atoms with E-state index in [1.807, 2.05) is 24.3 Å². The summed E-state index contributed by atoms with van der Waals surface area (Å²) in [7, 11) is 12.7. The number of aromatic carboxylic acids is 1. The zero-order valence-electron chi connectivity index (χ0n) is 21.6. The van der Waals surface area contributed by atoms with Crippen LogP contribution in [0.5, 0.6) is 0 Å². The van der Waals surface area contributed by atoms with Crippen LogP contribution in [-0.2, 0) is 13.1 Å². The van der Waals surface area contributed by atoms with Gasteiger partial charge in [-0.05, 0) is 31.2 Å². The number of aliphatic hydroxyl groups is 1. The normalized spacial score (nSPS) is 10.3. The summed E-state index contributed by atoms with van der Waals surface area (Å²) < 4.78 is 1.70. The molecule has 10 nitrogen and oxygen atoms in total. The molecule has 9 N–H and O–H groups in total. The highest BCUT2D eigenvalue weighted by atomic mass is 16.4. The van der Waals surface area contributed by atoms with Crippen molar-refractivity contribution < 1.29 is 28.8 Å². The van der Waals surface area contributed by atoms with Crippen LogP contribution in [0.15, 0.2) is 48.5 Å². The van der Waals surface area contributed by atoms with Gasteiger partial charge in [0.2, 0.25) is 0 Å². The third-order valence-electron chi connectivity index (χ3n) is 3.86. The van der Waals surface area contributed by atoms with Crippen molar-refractivity contribution in [3.8, 4) is 0 Å². The van der Waals surface area contributed by atoms with Crippen LogP contribution in [0.25, 0.3) is 0 Å². The number of benzene rings is 2. The molecule has 34 heavy (non-hydrogen) atoms. The lowest BCUT2D eigenvalue weighted by Gasteiger charge is -2.23. The molecular formula is C24H44N6O4+2. The van der Waals surface area contributed by atoms with Gasteiger partial charge < -0.3 is 19.2 Å². The fraction of sp³-hybridized carbons (Fsp3) is 0.417. The summed E-state index contributed by atoms with van der Waals surface area (Å²) in [5, 5.41) is 16.3. The molecule has 0 heterocycles. The van der Waals surface area contributed by atoms with Crippen LogP contribution >= 0.6 is 0 Å². The quantitative estimate of drug-likeness (QED) is 0.155. The number of nitrogen functional groups attached to an aromatic ring is 1. The molecule has 0 saturated carbocycles. The molecule has 0 aromatic heterocycles. The fourth-order valence-electron chi connectivity index (χ4n) is 2.69. The number of hydrogen-bond donors (Lipinski definition) is 6. The van der Waals surface area contributed by atoms with Crippen molar-refractivity contribution in [2.45, 2.75) is 20.0 Å². The van der Waals surface area contributed by atoms with Crippen molar-refractivity contribution in [3.63, 3.8) is 0 Å². The maximum absolute atomic E-state index is 11.2. The minimum absolute atomic E-state index is 0.250. The predicted octanol–water partition coefficient (Wildman–Crippen LogP) is 0.905. The Balaban J connectivity index is 0. The Kier molecular flexibility index (Phi) is 16.4. The first-order valence-electron chi connectivity index (χ1n) is 10.7. The average Bonchev–Trinajstić information content (AvgIpc) is 2.74. The van der Waals surface area contributed by atoms with Crippen molar-refractivity contribution in [2.24, 2.45) is 17.5 Å². The Labute approximate surface area is 203 Å². The Bertz CT molecular complexity index is 827. The molecule has 0 radical (unpaired) electrons. The van der Waals surface area contributed by atoms with Crippen molar-refractivity contribution in [3.05, 3.63) is 70.8 Å². The minimum atomic E-state index is -0.873. The van der Waals surface area contributed by atoms with Crippen LogP contribution in [0.2, 0.25) is 0 Å². The molecule has 0 fully saturated rings. The van der Waals surface area contributed by atoms with Gasteiger partial charge in [0, 0.05) is 23.3 Å². The molecular weight excluding hydrogens is 436 g/mol. The van der Waals surface area contributed by atoms with E-state index in [-0.39, 0.29) is 12.5 Å². The summed E-state index contributed by atoms with van der Waals surface area (Å²) in [4.78, 5) is 21.8. The molecule has 0 aliphatic rings. The Morgan fingerprint density at radius 1 is 0.765 bits per heavy atom. The number of rotatable bonds is 6. The standard InChI is InChI=1S/C11H17N3O.C11H15NO2.C2H6O.H4N2/c1-14(2,3)8-9-4-6-10(7-5-9)11(15)13-12;1-12(2,3)8-9-4-6-10(7-5-9)11(13)14;1-2-3;1-2/h4-7H,8,12H2,1-3H3;4-7H,8H2,1-3H3;3H,2H2,1H3;1-2H2/p+2. The van der Waals surface area contributed by atoms with Crippen LogP contribution < -0.4 is 23.0 Å². The number of carboxylic acid groups (broad SMARTS) is 1. The molecule has 10 heteroatoms. The SMILES string of the molecule is CCO.C[N+](C)(C)Cc1ccc(C(=O)NN)cc1.C[N+](C)(C)Cc1ccc(C(=O)O)cc1.NN. The number of hydrogen-bond acceptors (Lipinski definition) is 6. The zero-order valence-corrected chi connectivity index (χ0v) is 21.6. The van der Waals surface area contributed by atoms with Gasteiger partial charge in [0.05, 0.1) is 47.8 Å². The summed E-state index contributed by atoms with van der Waals surface area (Å²) in [6.45, 7) is 3.77. The van der Waals surface area contributed by atoms with E-state index in [2.05, 4.69) is 59.4 Å². The van der Waals surface area contributed by atoms with Crippen LogP contribution in [0.1, 0.15) is 38.8 Å². The van der Waals surface area contributed by atoms with E-state index >= 15 is 0 Å². The van der Waals surface area contributed by atoms with Gasteiger partial charge in [0.1, 0.15) is 13.1 Å². The predicted molar refractivity (Wildman–Crippen MR) is 136 cm³/mol. The molecule has 0 unspecified atom stereocenters. The van der Waals surface area contributed by atoms with Crippen LogP contribution in [0, 0.1) is 0 Å².